The van der Waals surface area contributed by atoms with Crippen LogP contribution >= 0.6 is 0 Å². The number of methoxy groups -OCH3 is 1. The number of rotatable bonds is 5. The van der Waals surface area contributed by atoms with E-state index in [0.717, 1.165) is 49.9 Å². The summed E-state index contributed by atoms with van der Waals surface area (Å²) in [5.41, 5.74) is 2.83. The van der Waals surface area contributed by atoms with Gasteiger partial charge in [0, 0.05) is 44.0 Å². The third-order valence-electron chi connectivity index (χ3n) is 5.41. The van der Waals surface area contributed by atoms with Gasteiger partial charge < -0.3 is 14.5 Å². The van der Waals surface area contributed by atoms with Gasteiger partial charge >= 0.3 is 0 Å². The predicted molar refractivity (Wildman–Crippen MR) is 113 cm³/mol. The number of aromatic amines is 1. The second kappa shape index (κ2) is 8.08. The van der Waals surface area contributed by atoms with Gasteiger partial charge in [0.15, 0.2) is 0 Å². The molecular weight excluding hydrogens is 368 g/mol. The molecule has 1 fully saturated rings. The SMILES string of the molecule is CCN1CCN(c2ncc(-c3cc(=O)n(-c4ccccc4OC)[nH]3)c(C)n2)CC1. The normalized spacial score (nSPS) is 14.9. The highest BCUT2D eigenvalue weighted by Crippen LogP contribution is 2.24. The Morgan fingerprint density at radius 1 is 1.17 bits per heavy atom. The number of aryl methyl sites for hydroxylation is 1. The second-order valence-corrected chi connectivity index (χ2v) is 7.11. The van der Waals surface area contributed by atoms with E-state index in [4.69, 9.17) is 9.72 Å². The van der Waals surface area contributed by atoms with Crippen molar-refractivity contribution in [1.29, 1.82) is 0 Å². The van der Waals surface area contributed by atoms with Crippen LogP contribution in [-0.4, -0.2) is 64.5 Å². The minimum atomic E-state index is -0.163. The fourth-order valence-corrected chi connectivity index (χ4v) is 3.66. The van der Waals surface area contributed by atoms with Gasteiger partial charge in [-0.05, 0) is 25.6 Å². The smallest absolute Gasteiger partial charge is 0.271 e. The molecule has 0 bridgehead atoms. The van der Waals surface area contributed by atoms with Crippen LogP contribution in [0.2, 0.25) is 0 Å². The molecule has 29 heavy (non-hydrogen) atoms. The fourth-order valence-electron chi connectivity index (χ4n) is 3.66. The zero-order valence-corrected chi connectivity index (χ0v) is 17.1. The van der Waals surface area contributed by atoms with Crippen LogP contribution in [0.4, 0.5) is 5.95 Å². The first-order valence-electron chi connectivity index (χ1n) is 9.87. The maximum absolute atomic E-state index is 12.6. The first-order valence-corrected chi connectivity index (χ1v) is 9.87. The number of para-hydroxylation sites is 2. The van der Waals surface area contributed by atoms with Crippen molar-refractivity contribution in [2.45, 2.75) is 13.8 Å². The molecule has 1 aliphatic heterocycles. The van der Waals surface area contributed by atoms with Crippen LogP contribution in [0.5, 0.6) is 5.75 Å². The predicted octanol–water partition coefficient (Wildman–Crippen LogP) is 2.08. The number of anilines is 1. The Bertz CT molecular complexity index is 1050. The number of hydrogen-bond acceptors (Lipinski definition) is 6. The van der Waals surface area contributed by atoms with Gasteiger partial charge in [-0.15, -0.1) is 0 Å². The third kappa shape index (κ3) is 3.75. The Hall–Kier alpha value is -3.13. The van der Waals surface area contributed by atoms with Crippen molar-refractivity contribution < 1.29 is 4.74 Å². The maximum Gasteiger partial charge on any atom is 0.271 e. The van der Waals surface area contributed by atoms with Crippen LogP contribution in [0.15, 0.2) is 41.3 Å². The summed E-state index contributed by atoms with van der Waals surface area (Å²) in [6.07, 6.45) is 1.79. The van der Waals surface area contributed by atoms with Gasteiger partial charge in [0.1, 0.15) is 11.4 Å². The van der Waals surface area contributed by atoms with E-state index in [-0.39, 0.29) is 5.56 Å². The summed E-state index contributed by atoms with van der Waals surface area (Å²) in [5, 5.41) is 3.17. The van der Waals surface area contributed by atoms with Gasteiger partial charge in [0.2, 0.25) is 5.95 Å². The monoisotopic (exact) mass is 394 g/mol. The van der Waals surface area contributed by atoms with Gasteiger partial charge in [-0.2, -0.15) is 0 Å². The van der Waals surface area contributed by atoms with Crippen molar-refractivity contribution in [2.75, 3.05) is 44.7 Å². The van der Waals surface area contributed by atoms with E-state index in [0.29, 0.717) is 17.1 Å². The molecule has 1 N–H and O–H groups in total. The van der Waals surface area contributed by atoms with E-state index < -0.39 is 0 Å². The molecule has 8 heteroatoms. The Labute approximate surface area is 169 Å². The lowest BCUT2D eigenvalue weighted by molar-refractivity contribution is 0.270. The summed E-state index contributed by atoms with van der Waals surface area (Å²) in [5.74, 6) is 1.37. The molecule has 3 aromatic rings. The second-order valence-electron chi connectivity index (χ2n) is 7.11. The summed E-state index contributed by atoms with van der Waals surface area (Å²) in [4.78, 5) is 26.5. The molecule has 4 rings (SSSR count). The Kier molecular flexibility index (Phi) is 5.35. The quantitative estimate of drug-likeness (QED) is 0.714. The molecule has 0 aliphatic carbocycles. The van der Waals surface area contributed by atoms with Crippen molar-refractivity contribution in [3.05, 3.63) is 52.6 Å². The van der Waals surface area contributed by atoms with Crippen LogP contribution in [0.3, 0.4) is 0 Å². The standard InChI is InChI=1S/C21H26N6O2/c1-4-25-9-11-26(12-10-25)21-22-14-16(15(2)23-21)17-13-20(28)27(24-17)18-7-5-6-8-19(18)29-3/h5-8,13-14,24H,4,9-12H2,1-3H3. The van der Waals surface area contributed by atoms with Gasteiger partial charge in [0.05, 0.1) is 18.5 Å². The number of H-pyrrole nitrogens is 1. The number of hydrogen-bond donors (Lipinski definition) is 1. The molecule has 8 nitrogen and oxygen atoms in total. The molecule has 0 unspecified atom stereocenters. The summed E-state index contributed by atoms with van der Waals surface area (Å²) in [6, 6.07) is 8.96. The van der Waals surface area contributed by atoms with Gasteiger partial charge in [-0.3, -0.25) is 9.89 Å². The molecule has 3 heterocycles. The van der Waals surface area contributed by atoms with Crippen LogP contribution in [0.25, 0.3) is 16.9 Å². The van der Waals surface area contributed by atoms with Crippen LogP contribution in [0, 0.1) is 6.92 Å². The number of nitrogens with zero attached hydrogens (tertiary/aromatic N) is 5. The van der Waals surface area contributed by atoms with Crippen molar-refractivity contribution in [2.24, 2.45) is 0 Å². The highest BCUT2D eigenvalue weighted by Gasteiger charge is 2.19. The molecule has 1 saturated heterocycles. The summed E-state index contributed by atoms with van der Waals surface area (Å²) in [6.45, 7) is 9.10. The van der Waals surface area contributed by atoms with Crippen molar-refractivity contribution in [3.8, 4) is 22.7 Å². The molecule has 2 aromatic heterocycles. The topological polar surface area (TPSA) is 79.3 Å². The van der Waals surface area contributed by atoms with Crippen LogP contribution in [0.1, 0.15) is 12.6 Å². The molecule has 0 saturated carbocycles. The Balaban J connectivity index is 1.62. The zero-order valence-electron chi connectivity index (χ0n) is 17.1. The minimum Gasteiger partial charge on any atom is -0.494 e. The largest absolute Gasteiger partial charge is 0.494 e. The van der Waals surface area contributed by atoms with Gasteiger partial charge in [-0.1, -0.05) is 19.1 Å². The molecule has 0 amide bonds. The van der Waals surface area contributed by atoms with Crippen LogP contribution in [-0.2, 0) is 0 Å². The molecule has 152 valence electrons. The molecule has 0 radical (unpaired) electrons. The van der Waals surface area contributed by atoms with E-state index in [1.54, 1.807) is 19.4 Å². The van der Waals surface area contributed by atoms with Gasteiger partial charge in [-0.25, -0.2) is 14.6 Å². The van der Waals surface area contributed by atoms with E-state index in [2.05, 4.69) is 26.8 Å². The van der Waals surface area contributed by atoms with E-state index in [1.807, 2.05) is 31.2 Å². The zero-order chi connectivity index (χ0) is 20.4. The number of ether oxygens (including phenoxy) is 1. The highest BCUT2D eigenvalue weighted by molar-refractivity contribution is 5.62. The summed E-state index contributed by atoms with van der Waals surface area (Å²) < 4.78 is 6.86. The van der Waals surface area contributed by atoms with E-state index in [9.17, 15) is 4.79 Å². The number of nitrogens with one attached hydrogen (secondary N) is 1. The Morgan fingerprint density at radius 3 is 2.62 bits per heavy atom. The third-order valence-corrected chi connectivity index (χ3v) is 5.41. The van der Waals surface area contributed by atoms with Crippen molar-refractivity contribution in [3.63, 3.8) is 0 Å². The maximum atomic E-state index is 12.6. The fraction of sp³-hybridized carbons (Fsp3) is 0.381. The molecule has 0 atom stereocenters. The van der Waals surface area contributed by atoms with E-state index >= 15 is 0 Å². The summed E-state index contributed by atoms with van der Waals surface area (Å²) >= 11 is 0. The van der Waals surface area contributed by atoms with Crippen molar-refractivity contribution >= 4 is 5.95 Å². The summed E-state index contributed by atoms with van der Waals surface area (Å²) in [7, 11) is 1.59. The molecule has 0 spiro atoms. The number of likely N-dealkylation sites (N-methyl/N-ethyl adjacent to an activating group) is 1. The number of benzene rings is 1. The van der Waals surface area contributed by atoms with Crippen molar-refractivity contribution in [1.82, 2.24) is 24.6 Å². The molecule has 1 aromatic carbocycles. The number of piperazine rings is 1. The van der Waals surface area contributed by atoms with Gasteiger partial charge in [0.25, 0.3) is 5.56 Å². The Morgan fingerprint density at radius 2 is 1.93 bits per heavy atom. The highest BCUT2D eigenvalue weighted by atomic mass is 16.5. The lowest BCUT2D eigenvalue weighted by Gasteiger charge is -2.34. The molecule has 1 aliphatic rings. The average molecular weight is 394 g/mol. The van der Waals surface area contributed by atoms with E-state index in [1.165, 1.54) is 4.68 Å². The average Bonchev–Trinajstić information content (AvgIpc) is 3.14. The van der Waals surface area contributed by atoms with Crippen LogP contribution < -0.4 is 15.2 Å². The number of aromatic nitrogens is 4. The first kappa shape index (κ1) is 19.2. The first-order chi connectivity index (χ1) is 14.1. The lowest BCUT2D eigenvalue weighted by atomic mass is 10.2. The minimum absolute atomic E-state index is 0.163. The molecular formula is C21H26N6O2. The lowest BCUT2D eigenvalue weighted by Crippen LogP contribution is -2.46.